The average molecular weight is 379 g/mol. The van der Waals surface area contributed by atoms with Gasteiger partial charge in [0.05, 0.1) is 24.5 Å². The molecule has 2 aliphatic rings. The van der Waals surface area contributed by atoms with E-state index in [0.29, 0.717) is 11.8 Å². The van der Waals surface area contributed by atoms with Gasteiger partial charge >= 0.3 is 0 Å². The van der Waals surface area contributed by atoms with E-state index in [0.717, 1.165) is 19.5 Å². The molecule has 0 spiro atoms. The van der Waals surface area contributed by atoms with Crippen molar-refractivity contribution in [2.75, 3.05) is 0 Å². The van der Waals surface area contributed by atoms with Gasteiger partial charge < -0.3 is 0 Å². The van der Waals surface area contributed by atoms with Crippen molar-refractivity contribution in [1.82, 2.24) is 19.6 Å². The van der Waals surface area contributed by atoms with Crippen LogP contribution in [0.5, 0.6) is 0 Å². The van der Waals surface area contributed by atoms with Crippen molar-refractivity contribution in [2.24, 2.45) is 0 Å². The lowest BCUT2D eigenvalue weighted by Gasteiger charge is -2.20. The topological polar surface area (TPSA) is 35.6 Å². The molecule has 0 saturated heterocycles. The van der Waals surface area contributed by atoms with E-state index in [4.69, 9.17) is 10.2 Å². The molecule has 0 fully saturated rings. The lowest BCUT2D eigenvalue weighted by molar-refractivity contribution is 0.492. The number of aryl methyl sites for hydroxylation is 2. The predicted molar refractivity (Wildman–Crippen MR) is 116 cm³/mol. The van der Waals surface area contributed by atoms with Gasteiger partial charge in [-0.25, -0.2) is 0 Å². The molecule has 0 radical (unpaired) electrons. The first-order chi connectivity index (χ1) is 13.3. The number of aromatic nitrogens is 4. The smallest absolute Gasteiger partial charge is 0.0916 e. The van der Waals surface area contributed by atoms with Gasteiger partial charge in [-0.15, -0.1) is 0 Å². The molecule has 150 valence electrons. The minimum Gasteiger partial charge on any atom is -0.270 e. The lowest BCUT2D eigenvalue weighted by atomic mass is 9.84. The van der Waals surface area contributed by atoms with Gasteiger partial charge in [-0.05, 0) is 70.4 Å². The molecule has 0 aromatic carbocycles. The first kappa shape index (κ1) is 19.2. The Morgan fingerprint density at radius 2 is 1.46 bits per heavy atom. The summed E-state index contributed by atoms with van der Waals surface area (Å²) in [5, 5.41) is 9.92. The van der Waals surface area contributed by atoms with Crippen molar-refractivity contribution < 1.29 is 0 Å². The first-order valence-corrected chi connectivity index (χ1v) is 10.8. The molecule has 2 aromatic rings. The fourth-order valence-corrected chi connectivity index (χ4v) is 4.77. The van der Waals surface area contributed by atoms with Crippen molar-refractivity contribution in [3.05, 3.63) is 46.1 Å². The number of nitrogens with zero attached hydrogens (tertiary/aromatic N) is 4. The molecule has 0 N–H and O–H groups in total. The first-order valence-electron chi connectivity index (χ1n) is 10.8. The van der Waals surface area contributed by atoms with Gasteiger partial charge in [-0.2, -0.15) is 10.2 Å². The second-order valence-electron chi connectivity index (χ2n) is 9.22. The molecule has 2 atom stereocenters. The van der Waals surface area contributed by atoms with Gasteiger partial charge in [0.25, 0.3) is 0 Å². The molecule has 0 saturated carbocycles. The Kier molecular flexibility index (Phi) is 5.07. The van der Waals surface area contributed by atoms with Crippen LogP contribution < -0.4 is 0 Å². The molecular formula is C24H34N4. The van der Waals surface area contributed by atoms with E-state index < -0.39 is 0 Å². The quantitative estimate of drug-likeness (QED) is 0.641. The molecule has 0 unspecified atom stereocenters. The molecule has 2 heterocycles. The fraction of sp³-hybridized carbons (Fsp3) is 0.583. The normalized spacial score (nSPS) is 21.5. The Labute approximate surface area is 169 Å². The Morgan fingerprint density at radius 3 is 2.14 bits per heavy atom. The van der Waals surface area contributed by atoms with E-state index in [-0.39, 0.29) is 0 Å². The zero-order valence-electron chi connectivity index (χ0n) is 18.3. The second-order valence-corrected chi connectivity index (χ2v) is 9.22. The highest BCUT2D eigenvalue weighted by molar-refractivity contribution is 5.71. The summed E-state index contributed by atoms with van der Waals surface area (Å²) in [6.07, 6.45) is 9.31. The largest absolute Gasteiger partial charge is 0.270 e. The summed E-state index contributed by atoms with van der Waals surface area (Å²) in [6, 6.07) is 0. The standard InChI is InChI=1S/C24H34N4/c1-15(2)19-9-8-18(6)23-22(19)14-28(25-23)12-11-27-13-21-17(5)7-10-20(16(3)4)24(21)26-27/h13-14,17-18H,7-12H2,1-6H3/t17-,18+/m0/s1. The summed E-state index contributed by atoms with van der Waals surface area (Å²) in [6.45, 7) is 15.3. The van der Waals surface area contributed by atoms with Crippen molar-refractivity contribution >= 4 is 11.1 Å². The second kappa shape index (κ2) is 7.38. The van der Waals surface area contributed by atoms with Gasteiger partial charge in [-0.3, -0.25) is 9.36 Å². The zero-order chi connectivity index (χ0) is 20.0. The Balaban J connectivity index is 1.57. The van der Waals surface area contributed by atoms with E-state index in [1.165, 1.54) is 64.1 Å². The van der Waals surface area contributed by atoms with Crippen LogP contribution >= 0.6 is 0 Å². The van der Waals surface area contributed by atoms with Crippen molar-refractivity contribution in [1.29, 1.82) is 0 Å². The van der Waals surface area contributed by atoms with Gasteiger partial charge in [0.15, 0.2) is 0 Å². The number of hydrogen-bond acceptors (Lipinski definition) is 2. The molecular weight excluding hydrogens is 344 g/mol. The number of rotatable bonds is 3. The molecule has 2 aromatic heterocycles. The maximum absolute atomic E-state index is 4.97. The number of allylic oxidation sites excluding steroid dienone is 4. The predicted octanol–water partition coefficient (Wildman–Crippen LogP) is 6.16. The Bertz CT molecular complexity index is 867. The summed E-state index contributed by atoms with van der Waals surface area (Å²) in [7, 11) is 0. The van der Waals surface area contributed by atoms with Gasteiger partial charge in [-0.1, -0.05) is 25.0 Å². The van der Waals surface area contributed by atoms with Crippen LogP contribution in [0.15, 0.2) is 23.5 Å². The fourth-order valence-electron chi connectivity index (χ4n) is 4.77. The van der Waals surface area contributed by atoms with E-state index in [9.17, 15) is 0 Å². The third-order valence-electron chi connectivity index (χ3n) is 6.61. The van der Waals surface area contributed by atoms with Crippen LogP contribution in [0.1, 0.15) is 102 Å². The molecule has 0 bridgehead atoms. The summed E-state index contributed by atoms with van der Waals surface area (Å²) < 4.78 is 4.28. The molecule has 4 heteroatoms. The highest BCUT2D eigenvalue weighted by Crippen LogP contribution is 2.39. The van der Waals surface area contributed by atoms with Crippen LogP contribution in [-0.2, 0) is 13.1 Å². The van der Waals surface area contributed by atoms with E-state index >= 15 is 0 Å². The Morgan fingerprint density at radius 1 is 0.857 bits per heavy atom. The number of fused-ring (bicyclic) bond motifs is 2. The third-order valence-corrected chi connectivity index (χ3v) is 6.61. The van der Waals surface area contributed by atoms with Crippen molar-refractivity contribution in [2.45, 2.75) is 92.2 Å². The summed E-state index contributed by atoms with van der Waals surface area (Å²) in [5.41, 5.74) is 11.1. The summed E-state index contributed by atoms with van der Waals surface area (Å²) >= 11 is 0. The monoisotopic (exact) mass is 378 g/mol. The van der Waals surface area contributed by atoms with Crippen LogP contribution in [0.25, 0.3) is 11.1 Å². The maximum Gasteiger partial charge on any atom is 0.0916 e. The van der Waals surface area contributed by atoms with E-state index in [1.54, 1.807) is 0 Å². The highest BCUT2D eigenvalue weighted by Gasteiger charge is 2.26. The average Bonchev–Trinajstić information content (AvgIpc) is 3.25. The summed E-state index contributed by atoms with van der Waals surface area (Å²) in [4.78, 5) is 0. The van der Waals surface area contributed by atoms with Crippen molar-refractivity contribution in [3.8, 4) is 0 Å². The minimum atomic E-state index is 0.553. The van der Waals surface area contributed by atoms with Crippen LogP contribution in [0.4, 0.5) is 0 Å². The molecule has 0 amide bonds. The van der Waals surface area contributed by atoms with Crippen molar-refractivity contribution in [3.63, 3.8) is 0 Å². The highest BCUT2D eigenvalue weighted by atomic mass is 15.3. The van der Waals surface area contributed by atoms with Gasteiger partial charge in [0.2, 0.25) is 0 Å². The molecule has 0 aliphatic heterocycles. The molecule has 4 rings (SSSR count). The van der Waals surface area contributed by atoms with Crippen LogP contribution in [0, 0.1) is 0 Å². The van der Waals surface area contributed by atoms with Gasteiger partial charge in [0, 0.05) is 29.4 Å². The zero-order valence-corrected chi connectivity index (χ0v) is 18.3. The lowest BCUT2D eigenvalue weighted by Crippen LogP contribution is -2.09. The number of hydrogen-bond donors (Lipinski definition) is 0. The molecule has 28 heavy (non-hydrogen) atoms. The third kappa shape index (κ3) is 3.38. The maximum atomic E-state index is 4.97. The molecule has 2 aliphatic carbocycles. The minimum absolute atomic E-state index is 0.553. The van der Waals surface area contributed by atoms with Crippen LogP contribution in [0.3, 0.4) is 0 Å². The molecule has 4 nitrogen and oxygen atoms in total. The van der Waals surface area contributed by atoms with Gasteiger partial charge in [0.1, 0.15) is 0 Å². The van der Waals surface area contributed by atoms with Crippen LogP contribution in [-0.4, -0.2) is 19.6 Å². The SMILES string of the molecule is CC(C)=C1CC[C@@H](C)c2nn(CCn3cc4c(n3)C(=C(C)C)CC[C@@H]4C)cc21. The Hall–Kier alpha value is -2.10. The van der Waals surface area contributed by atoms with Crippen LogP contribution in [0.2, 0.25) is 0 Å². The summed E-state index contributed by atoms with van der Waals surface area (Å²) in [5.74, 6) is 1.15. The van der Waals surface area contributed by atoms with E-state index in [1.807, 2.05) is 0 Å². The van der Waals surface area contributed by atoms with E-state index in [2.05, 4.69) is 63.3 Å².